The van der Waals surface area contributed by atoms with Gasteiger partial charge in [-0.3, -0.25) is 9.59 Å². The summed E-state index contributed by atoms with van der Waals surface area (Å²) in [7, 11) is 0. The van der Waals surface area contributed by atoms with E-state index in [0.29, 0.717) is 11.3 Å². The summed E-state index contributed by atoms with van der Waals surface area (Å²) < 4.78 is 5.20. The van der Waals surface area contributed by atoms with E-state index in [1.807, 2.05) is 61.5 Å². The summed E-state index contributed by atoms with van der Waals surface area (Å²) >= 11 is 0. The van der Waals surface area contributed by atoms with Crippen LogP contribution >= 0.6 is 0 Å². The highest BCUT2D eigenvalue weighted by molar-refractivity contribution is 6.00. The lowest BCUT2D eigenvalue weighted by molar-refractivity contribution is -0.138. The number of benzene rings is 3. The van der Waals surface area contributed by atoms with Gasteiger partial charge in [0.05, 0.1) is 6.61 Å². The summed E-state index contributed by atoms with van der Waals surface area (Å²) in [5.74, 6) is -0.968. The molecule has 0 aliphatic heterocycles. The minimum absolute atomic E-state index is 0.0986. The van der Waals surface area contributed by atoms with Gasteiger partial charge in [0.1, 0.15) is 18.2 Å². The van der Waals surface area contributed by atoms with Gasteiger partial charge in [0.2, 0.25) is 5.91 Å². The fraction of sp³-hybridized carbons (Fsp3) is 0.321. The average molecular weight is 492 g/mol. The van der Waals surface area contributed by atoms with Crippen LogP contribution in [0.1, 0.15) is 37.9 Å². The second kappa shape index (κ2) is 11.7. The predicted octanol–water partition coefficient (Wildman–Crippen LogP) is 4.17. The Labute approximate surface area is 211 Å². The highest BCUT2D eigenvalue weighted by Gasteiger charge is 2.32. The molecule has 0 radical (unpaired) electrons. The van der Waals surface area contributed by atoms with Gasteiger partial charge < -0.3 is 25.4 Å². The van der Waals surface area contributed by atoms with Gasteiger partial charge in [-0.05, 0) is 56.2 Å². The van der Waals surface area contributed by atoms with E-state index < -0.39 is 29.6 Å². The van der Waals surface area contributed by atoms with Gasteiger partial charge in [0.25, 0.3) is 5.91 Å². The van der Waals surface area contributed by atoms with Crippen molar-refractivity contribution in [1.82, 2.24) is 10.2 Å². The smallest absolute Gasteiger partial charge is 0.408 e. The Morgan fingerprint density at radius 3 is 2.36 bits per heavy atom. The van der Waals surface area contributed by atoms with Crippen LogP contribution in [0.15, 0.2) is 66.7 Å². The Bertz CT molecular complexity index is 1240. The number of aliphatic hydroxyl groups is 1. The third-order valence-corrected chi connectivity index (χ3v) is 5.38. The zero-order chi connectivity index (χ0) is 26.3. The monoisotopic (exact) mass is 491 g/mol. The molecule has 8 heteroatoms. The van der Waals surface area contributed by atoms with E-state index in [4.69, 9.17) is 4.74 Å². The zero-order valence-corrected chi connectivity index (χ0v) is 21.1. The Morgan fingerprint density at radius 1 is 0.972 bits per heavy atom. The quantitative estimate of drug-likeness (QED) is 0.438. The van der Waals surface area contributed by atoms with Crippen LogP contribution in [-0.2, 0) is 14.3 Å². The molecule has 0 bridgehead atoms. The number of anilines is 1. The lowest BCUT2D eigenvalue weighted by Crippen LogP contribution is -2.47. The molecule has 1 unspecified atom stereocenters. The third kappa shape index (κ3) is 7.29. The molecule has 190 valence electrons. The molecule has 3 rings (SSSR count). The van der Waals surface area contributed by atoms with Crippen molar-refractivity contribution in [2.45, 2.75) is 39.3 Å². The predicted molar refractivity (Wildman–Crippen MR) is 140 cm³/mol. The molecule has 0 spiro atoms. The molecule has 0 fully saturated rings. The molecule has 36 heavy (non-hydrogen) atoms. The molecule has 3 N–H and O–H groups in total. The maximum Gasteiger partial charge on any atom is 0.408 e. The normalized spacial score (nSPS) is 12.0. The van der Waals surface area contributed by atoms with Gasteiger partial charge in [-0.2, -0.15) is 0 Å². The number of hydrogen-bond acceptors (Lipinski definition) is 5. The van der Waals surface area contributed by atoms with Gasteiger partial charge >= 0.3 is 6.09 Å². The Hall–Kier alpha value is -3.91. The maximum atomic E-state index is 13.6. The number of carbonyl (C=O) groups is 3. The summed E-state index contributed by atoms with van der Waals surface area (Å²) in [6.45, 7) is 6.21. The number of aliphatic hydroxyl groups excluding tert-OH is 1. The average Bonchev–Trinajstić information content (AvgIpc) is 2.81. The van der Waals surface area contributed by atoms with E-state index in [1.54, 1.807) is 32.9 Å². The fourth-order valence-corrected chi connectivity index (χ4v) is 3.86. The van der Waals surface area contributed by atoms with Crippen molar-refractivity contribution in [3.8, 4) is 0 Å². The maximum absolute atomic E-state index is 13.6. The Morgan fingerprint density at radius 2 is 1.69 bits per heavy atom. The molecular weight excluding hydrogens is 458 g/mol. The summed E-state index contributed by atoms with van der Waals surface area (Å²) in [5.41, 5.74) is 1.37. The standard InChI is InChI=1S/C28H33N3O5/c1-19-8-7-11-22(16-19)25(26(34)30-23-13-12-20-9-5-6-10-21(20)17-23)31(14-15-32)24(33)18-29-27(35)36-28(2,3)4/h5-13,16-17,25,32H,14-15,18H2,1-4H3,(H,29,35)(H,30,34). The van der Waals surface area contributed by atoms with Crippen molar-refractivity contribution < 1.29 is 24.2 Å². The van der Waals surface area contributed by atoms with E-state index in [2.05, 4.69) is 10.6 Å². The summed E-state index contributed by atoms with van der Waals surface area (Å²) in [4.78, 5) is 40.2. The first kappa shape index (κ1) is 26.7. The minimum Gasteiger partial charge on any atom is -0.444 e. The van der Waals surface area contributed by atoms with Crippen LogP contribution in [0, 0.1) is 6.92 Å². The van der Waals surface area contributed by atoms with E-state index >= 15 is 0 Å². The van der Waals surface area contributed by atoms with Crippen molar-refractivity contribution >= 4 is 34.4 Å². The highest BCUT2D eigenvalue weighted by atomic mass is 16.6. The number of alkyl carbamates (subject to hydrolysis) is 1. The van der Waals surface area contributed by atoms with Gasteiger partial charge in [0.15, 0.2) is 0 Å². The van der Waals surface area contributed by atoms with Crippen molar-refractivity contribution in [3.05, 3.63) is 77.9 Å². The van der Waals surface area contributed by atoms with Gasteiger partial charge in [0, 0.05) is 12.2 Å². The Kier molecular flexibility index (Phi) is 8.66. The number of rotatable bonds is 8. The summed E-state index contributed by atoms with van der Waals surface area (Å²) in [5, 5.41) is 17.1. The van der Waals surface area contributed by atoms with Gasteiger partial charge in [-0.15, -0.1) is 0 Å². The Balaban J connectivity index is 1.88. The number of nitrogens with zero attached hydrogens (tertiary/aromatic N) is 1. The molecule has 8 nitrogen and oxygen atoms in total. The van der Waals surface area contributed by atoms with Gasteiger partial charge in [-0.1, -0.05) is 60.2 Å². The van der Waals surface area contributed by atoms with Crippen LogP contribution in [-0.4, -0.2) is 53.2 Å². The minimum atomic E-state index is -1.03. The molecular formula is C28H33N3O5. The second-order valence-corrected chi connectivity index (χ2v) is 9.53. The topological polar surface area (TPSA) is 108 Å². The van der Waals surface area contributed by atoms with Crippen LogP contribution in [0.2, 0.25) is 0 Å². The molecule has 0 aromatic heterocycles. The van der Waals surface area contributed by atoms with Crippen LogP contribution in [0.3, 0.4) is 0 Å². The fourth-order valence-electron chi connectivity index (χ4n) is 3.86. The number of amides is 3. The molecule has 0 heterocycles. The van der Waals surface area contributed by atoms with Gasteiger partial charge in [-0.25, -0.2) is 4.79 Å². The molecule has 0 saturated heterocycles. The van der Waals surface area contributed by atoms with E-state index in [0.717, 1.165) is 16.3 Å². The molecule has 3 aromatic carbocycles. The third-order valence-electron chi connectivity index (χ3n) is 5.38. The number of hydrogen-bond donors (Lipinski definition) is 3. The van der Waals surface area contributed by atoms with Crippen LogP contribution in [0.4, 0.5) is 10.5 Å². The zero-order valence-electron chi connectivity index (χ0n) is 21.1. The van der Waals surface area contributed by atoms with Crippen LogP contribution in [0.5, 0.6) is 0 Å². The number of nitrogens with one attached hydrogen (secondary N) is 2. The number of fused-ring (bicyclic) bond motifs is 1. The first-order valence-electron chi connectivity index (χ1n) is 11.8. The lowest BCUT2D eigenvalue weighted by Gasteiger charge is -2.31. The molecule has 0 aliphatic rings. The molecule has 1 atom stereocenters. The van der Waals surface area contributed by atoms with E-state index in [9.17, 15) is 19.5 Å². The van der Waals surface area contributed by atoms with E-state index in [-0.39, 0.29) is 19.7 Å². The molecule has 0 aliphatic carbocycles. The number of aryl methyl sites for hydroxylation is 1. The summed E-state index contributed by atoms with van der Waals surface area (Å²) in [6.07, 6.45) is -0.743. The van der Waals surface area contributed by atoms with Crippen molar-refractivity contribution in [3.63, 3.8) is 0 Å². The van der Waals surface area contributed by atoms with E-state index in [1.165, 1.54) is 4.90 Å². The lowest BCUT2D eigenvalue weighted by atomic mass is 10.0. The van der Waals surface area contributed by atoms with Crippen molar-refractivity contribution in [1.29, 1.82) is 0 Å². The molecule has 0 saturated carbocycles. The summed E-state index contributed by atoms with van der Waals surface area (Å²) in [6, 6.07) is 19.6. The molecule has 3 aromatic rings. The second-order valence-electron chi connectivity index (χ2n) is 9.53. The van der Waals surface area contributed by atoms with Crippen molar-refractivity contribution in [2.75, 3.05) is 25.0 Å². The SMILES string of the molecule is Cc1cccc(C(C(=O)Nc2ccc3ccccc3c2)N(CCO)C(=O)CNC(=O)OC(C)(C)C)c1. The highest BCUT2D eigenvalue weighted by Crippen LogP contribution is 2.26. The molecule has 3 amide bonds. The number of ether oxygens (including phenoxy) is 1. The first-order valence-corrected chi connectivity index (χ1v) is 11.8. The van der Waals surface area contributed by atoms with Crippen molar-refractivity contribution in [2.24, 2.45) is 0 Å². The van der Waals surface area contributed by atoms with Crippen LogP contribution < -0.4 is 10.6 Å². The first-order chi connectivity index (χ1) is 17.1. The largest absolute Gasteiger partial charge is 0.444 e. The van der Waals surface area contributed by atoms with Crippen LogP contribution in [0.25, 0.3) is 10.8 Å². The number of carbonyl (C=O) groups excluding carboxylic acids is 3.